The molecule has 1 atom stereocenters. The average Bonchev–Trinajstić information content (AvgIpc) is 2.44. The van der Waals surface area contributed by atoms with E-state index in [2.05, 4.69) is 48.5 Å². The molecule has 24 heavy (non-hydrogen) atoms. The quantitative estimate of drug-likeness (QED) is 0.675. The normalized spacial score (nSPS) is 12.6. The van der Waals surface area contributed by atoms with E-state index in [0.717, 1.165) is 24.0 Å². The van der Waals surface area contributed by atoms with Crippen LogP contribution in [0.5, 0.6) is 0 Å². The van der Waals surface area contributed by atoms with Crippen molar-refractivity contribution >= 4 is 19.0 Å². The summed E-state index contributed by atoms with van der Waals surface area (Å²) in [5.74, 6) is 0.821. The molecular formula is C20H33NO2P+. The third kappa shape index (κ3) is 6.36. The first kappa shape index (κ1) is 20.8. The summed E-state index contributed by atoms with van der Waals surface area (Å²) in [6.07, 6.45) is 0.0991. The van der Waals surface area contributed by atoms with E-state index < -0.39 is 7.80 Å². The van der Waals surface area contributed by atoms with Crippen LogP contribution in [-0.2, 0) is 14.8 Å². The second kappa shape index (κ2) is 8.76. The van der Waals surface area contributed by atoms with Crippen LogP contribution in [0.2, 0.25) is 0 Å². The van der Waals surface area contributed by atoms with Crippen LogP contribution >= 0.6 is 7.80 Å². The van der Waals surface area contributed by atoms with E-state index in [1.807, 2.05) is 29.2 Å². The number of amides is 1. The predicted molar refractivity (Wildman–Crippen MR) is 104 cm³/mol. The summed E-state index contributed by atoms with van der Waals surface area (Å²) >= 11 is 0. The van der Waals surface area contributed by atoms with Gasteiger partial charge in [-0.25, -0.2) is 0 Å². The highest BCUT2D eigenvalue weighted by Crippen LogP contribution is 2.29. The van der Waals surface area contributed by atoms with E-state index >= 15 is 0 Å². The van der Waals surface area contributed by atoms with E-state index in [4.69, 9.17) is 0 Å². The number of nitrogens with zero attached hydrogens (tertiary/aromatic N) is 1. The van der Waals surface area contributed by atoms with E-state index in [-0.39, 0.29) is 17.5 Å². The third-order valence-corrected chi connectivity index (χ3v) is 5.27. The molecule has 0 spiro atoms. The zero-order valence-corrected chi connectivity index (χ0v) is 17.2. The van der Waals surface area contributed by atoms with E-state index in [1.165, 1.54) is 0 Å². The average molecular weight is 350 g/mol. The lowest BCUT2D eigenvalue weighted by Gasteiger charge is -2.25. The first-order valence-electron chi connectivity index (χ1n) is 8.84. The van der Waals surface area contributed by atoms with Gasteiger partial charge in [0.15, 0.2) is 5.30 Å². The van der Waals surface area contributed by atoms with Crippen molar-refractivity contribution in [2.45, 2.75) is 53.9 Å². The Bertz CT molecular complexity index is 563. The summed E-state index contributed by atoms with van der Waals surface area (Å²) in [7, 11) is -1.72. The van der Waals surface area contributed by atoms with E-state index in [9.17, 15) is 9.36 Å². The minimum atomic E-state index is -1.72. The molecule has 0 radical (unpaired) electrons. The highest BCUT2D eigenvalue weighted by molar-refractivity contribution is 7.54. The highest BCUT2D eigenvalue weighted by atomic mass is 31.1. The first-order valence-corrected chi connectivity index (χ1v) is 10.3. The maximum atomic E-state index is 12.9. The van der Waals surface area contributed by atoms with Crippen LogP contribution in [0.15, 0.2) is 24.3 Å². The summed E-state index contributed by atoms with van der Waals surface area (Å²) in [5, 5.41) is 0.822. The second-order valence-corrected chi connectivity index (χ2v) is 9.95. The van der Waals surface area contributed by atoms with Gasteiger partial charge in [0, 0.05) is 18.7 Å². The van der Waals surface area contributed by atoms with E-state index in [1.54, 1.807) is 0 Å². The molecule has 4 heteroatoms. The third-order valence-electron chi connectivity index (χ3n) is 3.78. The fourth-order valence-electron chi connectivity index (χ4n) is 2.79. The zero-order valence-electron chi connectivity index (χ0n) is 16.3. The maximum absolute atomic E-state index is 12.9. The van der Waals surface area contributed by atoms with Gasteiger partial charge >= 0.3 is 7.80 Å². The summed E-state index contributed by atoms with van der Waals surface area (Å²) in [6.45, 7) is 16.2. The molecule has 1 aromatic carbocycles. The van der Waals surface area contributed by atoms with Crippen molar-refractivity contribution in [2.24, 2.45) is 11.8 Å². The molecule has 0 aliphatic heterocycles. The molecule has 1 rings (SSSR count). The Morgan fingerprint density at radius 2 is 1.54 bits per heavy atom. The summed E-state index contributed by atoms with van der Waals surface area (Å²) < 4.78 is 12.9. The Morgan fingerprint density at radius 3 is 2.00 bits per heavy atom. The number of rotatable bonds is 7. The van der Waals surface area contributed by atoms with Crippen LogP contribution < -0.4 is 5.30 Å². The molecule has 0 aliphatic carbocycles. The highest BCUT2D eigenvalue weighted by Gasteiger charge is 2.33. The Hall–Kier alpha value is -1.21. The Balaban J connectivity index is 2.95. The molecule has 3 nitrogen and oxygen atoms in total. The molecule has 0 aliphatic rings. The summed E-state index contributed by atoms with van der Waals surface area (Å²) in [6, 6.07) is 7.80. The second-order valence-electron chi connectivity index (χ2n) is 8.39. The lowest BCUT2D eigenvalue weighted by Crippen LogP contribution is -2.38. The monoisotopic (exact) mass is 350 g/mol. The Kier molecular flexibility index (Phi) is 7.60. The molecule has 0 fully saturated rings. The van der Waals surface area contributed by atoms with Crippen molar-refractivity contribution in [3.8, 4) is 0 Å². The van der Waals surface area contributed by atoms with Gasteiger partial charge in [0.2, 0.25) is 6.16 Å². The van der Waals surface area contributed by atoms with Crippen molar-refractivity contribution in [1.82, 2.24) is 4.90 Å². The molecule has 134 valence electrons. The van der Waals surface area contributed by atoms with Crippen LogP contribution in [0.25, 0.3) is 0 Å². The molecule has 0 saturated heterocycles. The molecule has 0 heterocycles. The number of carbonyl (C=O) groups is 1. The molecule has 0 saturated carbocycles. The van der Waals surface area contributed by atoms with Crippen LogP contribution in [-0.4, -0.2) is 30.1 Å². The summed E-state index contributed by atoms with van der Waals surface area (Å²) in [4.78, 5) is 14.6. The van der Waals surface area contributed by atoms with Crippen LogP contribution in [0, 0.1) is 11.8 Å². The fourth-order valence-corrected chi connectivity index (χ4v) is 4.34. The standard InChI is InChI=1S/C20H33NO2P/c1-15(2)12-21(13-16(3)4)19(22)14-24(23)18-11-9-8-10-17(18)20(5,6)7/h8-11,15-16H,12-14H2,1-7H3/q+1. The lowest BCUT2D eigenvalue weighted by atomic mass is 9.87. The van der Waals surface area contributed by atoms with Crippen LogP contribution in [0.3, 0.4) is 0 Å². The minimum absolute atomic E-state index is 0.00206. The largest absolute Gasteiger partial charge is 0.387 e. The molecule has 1 unspecified atom stereocenters. The Labute approximate surface area is 148 Å². The van der Waals surface area contributed by atoms with Gasteiger partial charge in [-0.05, 0) is 23.3 Å². The van der Waals surface area contributed by atoms with Gasteiger partial charge in [-0.1, -0.05) is 71.2 Å². The van der Waals surface area contributed by atoms with Gasteiger partial charge in [0.05, 0.1) is 0 Å². The van der Waals surface area contributed by atoms with Crippen molar-refractivity contribution in [3.05, 3.63) is 29.8 Å². The molecular weight excluding hydrogens is 317 g/mol. The van der Waals surface area contributed by atoms with Gasteiger partial charge < -0.3 is 4.90 Å². The number of benzene rings is 1. The maximum Gasteiger partial charge on any atom is 0.387 e. The van der Waals surface area contributed by atoms with Crippen LogP contribution in [0.4, 0.5) is 0 Å². The van der Waals surface area contributed by atoms with Crippen molar-refractivity contribution < 1.29 is 9.36 Å². The molecule has 0 N–H and O–H groups in total. The van der Waals surface area contributed by atoms with Gasteiger partial charge in [-0.2, -0.15) is 0 Å². The topological polar surface area (TPSA) is 37.4 Å². The number of hydrogen-bond acceptors (Lipinski definition) is 2. The van der Waals surface area contributed by atoms with Gasteiger partial charge in [-0.3, -0.25) is 4.79 Å². The van der Waals surface area contributed by atoms with Gasteiger partial charge in [-0.15, -0.1) is 0 Å². The fraction of sp³-hybridized carbons (Fsp3) is 0.650. The molecule has 1 aromatic rings. The number of hydrogen-bond donors (Lipinski definition) is 0. The van der Waals surface area contributed by atoms with E-state index in [0.29, 0.717) is 11.8 Å². The van der Waals surface area contributed by atoms with Crippen LogP contribution in [0.1, 0.15) is 54.0 Å². The molecule has 0 aromatic heterocycles. The predicted octanol–water partition coefficient (Wildman–Crippen LogP) is 4.58. The number of carbonyl (C=O) groups excluding carboxylic acids is 1. The Morgan fingerprint density at radius 1 is 1.04 bits per heavy atom. The summed E-state index contributed by atoms with van der Waals surface area (Å²) in [5.41, 5.74) is 0.985. The van der Waals surface area contributed by atoms with Crippen molar-refractivity contribution in [2.75, 3.05) is 19.3 Å². The molecule has 0 bridgehead atoms. The molecule has 1 amide bonds. The van der Waals surface area contributed by atoms with Crippen molar-refractivity contribution in [1.29, 1.82) is 0 Å². The first-order chi connectivity index (χ1) is 11.0. The van der Waals surface area contributed by atoms with Crippen molar-refractivity contribution in [3.63, 3.8) is 0 Å². The lowest BCUT2D eigenvalue weighted by molar-refractivity contribution is -0.129. The SMILES string of the molecule is CC(C)CN(CC(C)C)C(=O)C[P+](=O)c1ccccc1C(C)(C)C. The smallest absolute Gasteiger partial charge is 0.338 e. The zero-order chi connectivity index (χ0) is 18.5. The van der Waals surface area contributed by atoms with Gasteiger partial charge in [0.1, 0.15) is 0 Å². The minimum Gasteiger partial charge on any atom is -0.338 e. The van der Waals surface area contributed by atoms with Gasteiger partial charge in [0.25, 0.3) is 5.91 Å².